The molecule has 3 N–H and O–H groups in total. The lowest BCUT2D eigenvalue weighted by molar-refractivity contribution is -0.123. The minimum absolute atomic E-state index is 0.0743. The maximum Gasteiger partial charge on any atom is 0.222 e. The largest absolute Gasteiger partial charge is 0.393 e. The van der Waals surface area contributed by atoms with Crippen LogP contribution in [0.4, 0.5) is 0 Å². The fourth-order valence-corrected chi connectivity index (χ4v) is 1.14. The SMILES string of the molecule is C[C@@H](O)CC(=O)NCCNC(=O)CCS. The number of aliphatic hydroxyl groups is 1. The van der Waals surface area contributed by atoms with Crippen LogP contribution < -0.4 is 10.6 Å². The fraction of sp³-hybridized carbons (Fsp3) is 0.778. The molecule has 0 aliphatic heterocycles. The summed E-state index contributed by atoms with van der Waals surface area (Å²) in [5.74, 6) is 0.225. The first-order valence-electron chi connectivity index (χ1n) is 4.88. The number of carbonyl (C=O) groups excluding carboxylic acids is 2. The van der Waals surface area contributed by atoms with E-state index in [0.29, 0.717) is 25.3 Å². The zero-order chi connectivity index (χ0) is 11.7. The monoisotopic (exact) mass is 234 g/mol. The van der Waals surface area contributed by atoms with Gasteiger partial charge in [0.1, 0.15) is 0 Å². The van der Waals surface area contributed by atoms with Crippen LogP contribution in [-0.4, -0.2) is 41.9 Å². The van der Waals surface area contributed by atoms with Crippen molar-refractivity contribution in [2.24, 2.45) is 0 Å². The van der Waals surface area contributed by atoms with Crippen LogP contribution >= 0.6 is 12.6 Å². The topological polar surface area (TPSA) is 78.4 Å². The standard InChI is InChI=1S/C9H18N2O3S/c1-7(12)6-9(14)11-4-3-10-8(13)2-5-15/h7,12,15H,2-6H2,1H3,(H,10,13)(H,11,14)/t7-/m1/s1. The van der Waals surface area contributed by atoms with Crippen molar-refractivity contribution in [1.82, 2.24) is 10.6 Å². The van der Waals surface area contributed by atoms with Crippen molar-refractivity contribution in [3.8, 4) is 0 Å². The first kappa shape index (κ1) is 14.2. The molecule has 0 aromatic carbocycles. The van der Waals surface area contributed by atoms with Crippen molar-refractivity contribution < 1.29 is 14.7 Å². The second-order valence-electron chi connectivity index (χ2n) is 3.23. The van der Waals surface area contributed by atoms with Gasteiger partial charge in [0.05, 0.1) is 12.5 Å². The van der Waals surface area contributed by atoms with Crippen LogP contribution in [0, 0.1) is 0 Å². The van der Waals surface area contributed by atoms with Gasteiger partial charge in [-0.05, 0) is 12.7 Å². The van der Waals surface area contributed by atoms with Gasteiger partial charge in [0.2, 0.25) is 11.8 Å². The Hall–Kier alpha value is -0.750. The van der Waals surface area contributed by atoms with Gasteiger partial charge in [-0.25, -0.2) is 0 Å². The van der Waals surface area contributed by atoms with Gasteiger partial charge < -0.3 is 15.7 Å². The van der Waals surface area contributed by atoms with Gasteiger partial charge in [-0.15, -0.1) is 0 Å². The third kappa shape index (κ3) is 9.55. The Kier molecular flexibility index (Phi) is 8.12. The fourth-order valence-electron chi connectivity index (χ4n) is 0.934. The number of thiol groups is 1. The van der Waals surface area contributed by atoms with Crippen molar-refractivity contribution in [2.45, 2.75) is 25.9 Å². The third-order valence-electron chi connectivity index (χ3n) is 1.59. The van der Waals surface area contributed by atoms with Gasteiger partial charge in [0.25, 0.3) is 0 Å². The number of hydrogen-bond donors (Lipinski definition) is 4. The van der Waals surface area contributed by atoms with E-state index in [1.165, 1.54) is 0 Å². The molecule has 88 valence electrons. The molecule has 0 radical (unpaired) electrons. The molecule has 5 nitrogen and oxygen atoms in total. The molecule has 0 spiro atoms. The summed E-state index contributed by atoms with van der Waals surface area (Å²) in [6.45, 7) is 2.33. The summed E-state index contributed by atoms with van der Waals surface area (Å²) in [6.07, 6.45) is -0.168. The predicted octanol–water partition coefficient (Wildman–Crippen LogP) is -0.690. The molecule has 0 rings (SSSR count). The van der Waals surface area contributed by atoms with Crippen molar-refractivity contribution in [3.63, 3.8) is 0 Å². The molecule has 0 unspecified atom stereocenters. The highest BCUT2D eigenvalue weighted by molar-refractivity contribution is 7.80. The maximum atomic E-state index is 11.0. The molecule has 0 heterocycles. The summed E-state index contributed by atoms with van der Waals surface area (Å²) >= 11 is 3.92. The van der Waals surface area contributed by atoms with E-state index in [2.05, 4.69) is 23.3 Å². The Bertz CT molecular complexity index is 210. The number of carbonyl (C=O) groups is 2. The molecule has 6 heteroatoms. The summed E-state index contributed by atoms with van der Waals surface area (Å²) in [4.78, 5) is 22.0. The number of hydrogen-bond acceptors (Lipinski definition) is 4. The van der Waals surface area contributed by atoms with E-state index in [4.69, 9.17) is 5.11 Å². The second kappa shape index (κ2) is 8.55. The van der Waals surface area contributed by atoms with Crippen LogP contribution in [-0.2, 0) is 9.59 Å². The average molecular weight is 234 g/mol. The minimum atomic E-state index is -0.635. The summed E-state index contributed by atoms with van der Waals surface area (Å²) in [5.41, 5.74) is 0. The van der Waals surface area contributed by atoms with Crippen LogP contribution in [0.25, 0.3) is 0 Å². The van der Waals surface area contributed by atoms with Crippen LogP contribution in [0.15, 0.2) is 0 Å². The van der Waals surface area contributed by atoms with E-state index in [9.17, 15) is 9.59 Å². The van der Waals surface area contributed by atoms with E-state index in [-0.39, 0.29) is 18.2 Å². The third-order valence-corrected chi connectivity index (χ3v) is 1.81. The van der Waals surface area contributed by atoms with Crippen molar-refractivity contribution in [3.05, 3.63) is 0 Å². The molecule has 0 aliphatic rings. The number of rotatable bonds is 7. The Morgan fingerprint density at radius 3 is 2.27 bits per heavy atom. The summed E-state index contributed by atoms with van der Waals surface area (Å²) in [7, 11) is 0. The first-order valence-corrected chi connectivity index (χ1v) is 5.51. The highest BCUT2D eigenvalue weighted by atomic mass is 32.1. The minimum Gasteiger partial charge on any atom is -0.393 e. The molecule has 0 saturated carbocycles. The van der Waals surface area contributed by atoms with Gasteiger partial charge >= 0.3 is 0 Å². The van der Waals surface area contributed by atoms with Crippen LogP contribution in [0.1, 0.15) is 19.8 Å². The normalized spacial score (nSPS) is 11.9. The number of aliphatic hydroxyl groups excluding tert-OH is 1. The van der Waals surface area contributed by atoms with E-state index in [1.807, 2.05) is 0 Å². The Morgan fingerprint density at radius 1 is 1.27 bits per heavy atom. The molecule has 2 amide bonds. The smallest absolute Gasteiger partial charge is 0.222 e. The van der Waals surface area contributed by atoms with Crippen molar-refractivity contribution >= 4 is 24.4 Å². The van der Waals surface area contributed by atoms with Gasteiger partial charge in [-0.2, -0.15) is 12.6 Å². The molecule has 0 aliphatic carbocycles. The number of amides is 2. The summed E-state index contributed by atoms with van der Waals surface area (Å²) in [6, 6.07) is 0. The van der Waals surface area contributed by atoms with Crippen LogP contribution in [0.5, 0.6) is 0 Å². The van der Waals surface area contributed by atoms with Crippen molar-refractivity contribution in [1.29, 1.82) is 0 Å². The summed E-state index contributed by atoms with van der Waals surface area (Å²) < 4.78 is 0. The Labute approximate surface area is 95.0 Å². The van der Waals surface area contributed by atoms with E-state index >= 15 is 0 Å². The lowest BCUT2D eigenvalue weighted by Crippen LogP contribution is -2.35. The van der Waals surface area contributed by atoms with E-state index < -0.39 is 6.10 Å². The summed E-state index contributed by atoms with van der Waals surface area (Å²) in [5, 5.41) is 14.1. The zero-order valence-electron chi connectivity index (χ0n) is 8.82. The molecule has 0 aromatic heterocycles. The Balaban J connectivity index is 3.38. The van der Waals surface area contributed by atoms with E-state index in [1.54, 1.807) is 6.92 Å². The molecule has 0 saturated heterocycles. The molecular weight excluding hydrogens is 216 g/mol. The van der Waals surface area contributed by atoms with Gasteiger partial charge in [0.15, 0.2) is 0 Å². The molecule has 15 heavy (non-hydrogen) atoms. The molecule has 0 fully saturated rings. The Morgan fingerprint density at radius 2 is 1.80 bits per heavy atom. The highest BCUT2D eigenvalue weighted by Crippen LogP contribution is 1.87. The van der Waals surface area contributed by atoms with Gasteiger partial charge in [-0.3, -0.25) is 9.59 Å². The zero-order valence-corrected chi connectivity index (χ0v) is 9.72. The van der Waals surface area contributed by atoms with Gasteiger partial charge in [0, 0.05) is 19.5 Å². The lowest BCUT2D eigenvalue weighted by Gasteiger charge is -2.07. The molecular formula is C9H18N2O3S. The highest BCUT2D eigenvalue weighted by Gasteiger charge is 2.04. The first-order chi connectivity index (χ1) is 7.06. The lowest BCUT2D eigenvalue weighted by atomic mass is 10.3. The van der Waals surface area contributed by atoms with Gasteiger partial charge in [-0.1, -0.05) is 0 Å². The predicted molar refractivity (Wildman–Crippen MR) is 60.8 cm³/mol. The van der Waals surface area contributed by atoms with Crippen LogP contribution in [0.2, 0.25) is 0 Å². The average Bonchev–Trinajstić information content (AvgIpc) is 2.12. The van der Waals surface area contributed by atoms with Crippen LogP contribution in [0.3, 0.4) is 0 Å². The second-order valence-corrected chi connectivity index (χ2v) is 3.67. The number of nitrogens with one attached hydrogen (secondary N) is 2. The molecule has 1 atom stereocenters. The maximum absolute atomic E-state index is 11.0. The quantitative estimate of drug-likeness (QED) is 0.348. The van der Waals surface area contributed by atoms with E-state index in [0.717, 1.165) is 0 Å². The van der Waals surface area contributed by atoms with Crippen molar-refractivity contribution in [2.75, 3.05) is 18.8 Å². The molecule has 0 bridgehead atoms. The molecule has 0 aromatic rings.